The molecule has 0 spiro atoms. The van der Waals surface area contributed by atoms with Gasteiger partial charge in [-0.05, 0) is 17.5 Å². The third kappa shape index (κ3) is 6.79. The second-order valence-corrected chi connectivity index (χ2v) is 13.6. The third-order valence-electron chi connectivity index (χ3n) is 6.06. The lowest BCUT2D eigenvalue weighted by Gasteiger charge is -2.20. The quantitative estimate of drug-likeness (QED) is 0.0744. The predicted molar refractivity (Wildman–Crippen MR) is 144 cm³/mol. The van der Waals surface area contributed by atoms with Crippen LogP contribution in [0.4, 0.5) is 11.5 Å². The summed E-state index contributed by atoms with van der Waals surface area (Å²) >= 11 is 0. The minimum absolute atomic E-state index is 0.0249. The van der Waals surface area contributed by atoms with Gasteiger partial charge in [-0.15, -0.1) is 0 Å². The topological polar surface area (TPSA) is 311 Å². The van der Waals surface area contributed by atoms with Gasteiger partial charge in [-0.1, -0.05) is 12.1 Å². The van der Waals surface area contributed by atoms with E-state index in [0.717, 1.165) is 24.5 Å². The summed E-state index contributed by atoms with van der Waals surface area (Å²) in [5.41, 5.74) is 5.73. The molecule has 236 valence electrons. The number of phosphoric ester groups is 2. The fourth-order valence-corrected chi connectivity index (χ4v) is 7.73. The van der Waals surface area contributed by atoms with Crippen molar-refractivity contribution < 1.29 is 65.9 Å². The second kappa shape index (κ2) is 11.8. The molecule has 1 saturated heterocycles. The number of phosphoric acid groups is 3. The highest BCUT2D eigenvalue weighted by molar-refractivity contribution is 7.67. The Morgan fingerprint density at radius 1 is 1.00 bits per heavy atom. The molecule has 4 aromatic rings. The van der Waals surface area contributed by atoms with Crippen LogP contribution in [0, 0.1) is 10.1 Å². The van der Waals surface area contributed by atoms with E-state index in [0.29, 0.717) is 0 Å². The maximum absolute atomic E-state index is 12.5. The highest BCUT2D eigenvalue weighted by Crippen LogP contribution is 2.67. The Labute approximate surface area is 244 Å². The zero-order valence-electron chi connectivity index (χ0n) is 21.6. The number of nitro benzene ring substituents is 1. The van der Waals surface area contributed by atoms with Crippen molar-refractivity contribution in [2.24, 2.45) is 0 Å². The lowest BCUT2D eigenvalue weighted by Crippen LogP contribution is -2.33. The van der Waals surface area contributed by atoms with Crippen LogP contribution in [-0.2, 0) is 31.6 Å². The first-order valence-corrected chi connectivity index (χ1v) is 16.4. The van der Waals surface area contributed by atoms with Crippen LogP contribution in [0.3, 0.4) is 0 Å². The number of aromatic nitrogens is 4. The van der Waals surface area contributed by atoms with Crippen LogP contribution in [0.1, 0.15) is 6.23 Å². The van der Waals surface area contributed by atoms with Gasteiger partial charge < -0.3 is 35.0 Å². The number of hydrogen-bond donors (Lipinski definition) is 6. The summed E-state index contributed by atoms with van der Waals surface area (Å²) in [6.07, 6.45) is -3.89. The van der Waals surface area contributed by atoms with Crippen LogP contribution in [0.2, 0.25) is 0 Å². The maximum Gasteiger partial charge on any atom is 0.536 e. The summed E-state index contributed by atoms with van der Waals surface area (Å²) in [6.45, 7) is -0.998. The van der Waals surface area contributed by atoms with Crippen LogP contribution in [0.25, 0.3) is 21.9 Å². The molecule has 5 rings (SSSR count). The van der Waals surface area contributed by atoms with E-state index < -0.39 is 65.3 Å². The lowest BCUT2D eigenvalue weighted by molar-refractivity contribution is -0.384. The molecule has 0 aliphatic carbocycles. The molecule has 44 heavy (non-hydrogen) atoms. The third-order valence-corrected chi connectivity index (χ3v) is 10.3. The van der Waals surface area contributed by atoms with Gasteiger partial charge in [0.2, 0.25) is 0 Å². The number of nitro groups is 1. The van der Waals surface area contributed by atoms with Crippen LogP contribution in [0.5, 0.6) is 5.75 Å². The molecule has 7 N–H and O–H groups in total. The zero-order chi connectivity index (χ0) is 32.0. The molecule has 3 unspecified atom stereocenters. The number of nitrogen functional groups attached to an aromatic ring is 1. The van der Waals surface area contributed by atoms with Crippen molar-refractivity contribution in [2.75, 3.05) is 12.3 Å². The standard InChI is InChI=1S/C20H21N6O15P3/c21-18-15-19(23-8-22-18)25(9-24-15)20-17(28)16(27)14(38-20)7-37-42(31,32)40-44(35,36)41-43(33,34)39-13-3-1-2-10-6-11(26(29)30)4-5-12(10)13/h1-6,8-9,14,16-17,20,27-28H,7H2,(H,31,32)(H,33,34)(H,35,36)(H2,21,22,23)/t14-,16-,17-,20-/m1/s1. The fourth-order valence-electron chi connectivity index (χ4n) is 4.20. The Bertz CT molecular complexity index is 1890. The maximum atomic E-state index is 12.5. The van der Waals surface area contributed by atoms with Crippen molar-refractivity contribution >= 4 is 56.9 Å². The Hall–Kier alpha value is -3.42. The Kier molecular flexibility index (Phi) is 8.60. The first-order chi connectivity index (χ1) is 20.6. The van der Waals surface area contributed by atoms with E-state index in [2.05, 4.69) is 28.1 Å². The second-order valence-electron chi connectivity index (χ2n) is 9.00. The SMILES string of the molecule is Nc1ncnc2c1ncn2[C@@H]1O[C@H](COP(=O)(O)OP(=O)(O)OP(=O)(O)Oc2cccc3cc([N+](=O)[O-])ccc23)[C@@H](O)[C@H]1O. The molecular formula is C20H21N6O15P3. The number of ether oxygens (including phenoxy) is 1. The van der Waals surface area contributed by atoms with Gasteiger partial charge in [0.05, 0.1) is 17.9 Å². The number of aliphatic hydroxyl groups excluding tert-OH is 2. The number of nitrogens with zero attached hydrogens (tertiary/aromatic N) is 5. The van der Waals surface area contributed by atoms with E-state index >= 15 is 0 Å². The van der Waals surface area contributed by atoms with Gasteiger partial charge in [0.1, 0.15) is 35.9 Å². The molecule has 0 radical (unpaired) electrons. The summed E-state index contributed by atoms with van der Waals surface area (Å²) < 4.78 is 61.5. The highest BCUT2D eigenvalue weighted by Gasteiger charge is 2.47. The average molecular weight is 678 g/mol. The van der Waals surface area contributed by atoms with Crippen LogP contribution in [0.15, 0.2) is 49.1 Å². The molecule has 0 saturated carbocycles. The van der Waals surface area contributed by atoms with E-state index in [-0.39, 0.29) is 33.4 Å². The summed E-state index contributed by atoms with van der Waals surface area (Å²) in [5, 5.41) is 32.1. The molecule has 1 fully saturated rings. The van der Waals surface area contributed by atoms with Gasteiger partial charge in [0.15, 0.2) is 17.7 Å². The monoisotopic (exact) mass is 678 g/mol. The molecule has 21 nitrogen and oxygen atoms in total. The van der Waals surface area contributed by atoms with Crippen molar-refractivity contribution in [3.63, 3.8) is 0 Å². The minimum Gasteiger partial charge on any atom is -0.403 e. The molecule has 2 aromatic heterocycles. The molecule has 2 aromatic carbocycles. The Morgan fingerprint density at radius 3 is 2.45 bits per heavy atom. The van der Waals surface area contributed by atoms with Gasteiger partial charge in [0, 0.05) is 17.5 Å². The number of hydrogen-bond acceptors (Lipinski definition) is 16. The molecule has 0 amide bonds. The average Bonchev–Trinajstić information content (AvgIpc) is 3.47. The summed E-state index contributed by atoms with van der Waals surface area (Å²) in [5.74, 6) is -0.371. The van der Waals surface area contributed by atoms with Gasteiger partial charge in [-0.3, -0.25) is 24.1 Å². The van der Waals surface area contributed by atoms with Crippen LogP contribution >= 0.6 is 23.5 Å². The molecule has 3 heterocycles. The number of anilines is 1. The van der Waals surface area contributed by atoms with Gasteiger partial charge in [-0.25, -0.2) is 28.6 Å². The van der Waals surface area contributed by atoms with Gasteiger partial charge in [0.25, 0.3) is 5.69 Å². The van der Waals surface area contributed by atoms with Crippen molar-refractivity contribution in [3.8, 4) is 5.75 Å². The normalized spacial score (nSPS) is 24.5. The number of benzene rings is 2. The van der Waals surface area contributed by atoms with E-state index in [1.165, 1.54) is 29.1 Å². The largest absolute Gasteiger partial charge is 0.536 e. The Balaban J connectivity index is 1.22. The molecular weight excluding hydrogens is 657 g/mol. The molecule has 1 aliphatic heterocycles. The number of fused-ring (bicyclic) bond motifs is 2. The van der Waals surface area contributed by atoms with E-state index in [1.54, 1.807) is 0 Å². The first kappa shape index (κ1) is 32.0. The minimum atomic E-state index is -5.88. The number of rotatable bonds is 11. The van der Waals surface area contributed by atoms with Crippen molar-refractivity contribution in [3.05, 3.63) is 59.2 Å². The number of non-ortho nitro benzene ring substituents is 1. The van der Waals surface area contributed by atoms with E-state index in [1.807, 2.05) is 0 Å². The first-order valence-electron chi connectivity index (χ1n) is 11.9. The summed E-state index contributed by atoms with van der Waals surface area (Å²) in [7, 11) is -17.0. The zero-order valence-corrected chi connectivity index (χ0v) is 24.3. The van der Waals surface area contributed by atoms with Crippen molar-refractivity contribution in [1.82, 2.24) is 19.5 Å². The number of imidazole rings is 1. The summed E-state index contributed by atoms with van der Waals surface area (Å²) in [4.78, 5) is 52.0. The van der Waals surface area contributed by atoms with Crippen molar-refractivity contribution in [1.29, 1.82) is 0 Å². The molecule has 24 heteroatoms. The highest BCUT2D eigenvalue weighted by atomic mass is 31.3. The molecule has 1 aliphatic rings. The van der Waals surface area contributed by atoms with Gasteiger partial charge >= 0.3 is 23.5 Å². The Morgan fingerprint density at radius 2 is 1.73 bits per heavy atom. The molecule has 0 bridgehead atoms. The van der Waals surface area contributed by atoms with E-state index in [9.17, 15) is 48.7 Å². The van der Waals surface area contributed by atoms with Crippen LogP contribution < -0.4 is 10.3 Å². The smallest absolute Gasteiger partial charge is 0.403 e. The molecule has 7 atom stereocenters. The van der Waals surface area contributed by atoms with Gasteiger partial charge in [-0.2, -0.15) is 8.62 Å². The summed E-state index contributed by atoms with van der Waals surface area (Å²) in [6, 6.07) is 7.27. The van der Waals surface area contributed by atoms with Crippen LogP contribution in [-0.4, -0.2) is 74.3 Å². The number of nitrogens with two attached hydrogens (primary N) is 1. The lowest BCUT2D eigenvalue weighted by atomic mass is 10.1. The fraction of sp³-hybridized carbons (Fsp3) is 0.250. The van der Waals surface area contributed by atoms with Crippen molar-refractivity contribution in [2.45, 2.75) is 24.5 Å². The van der Waals surface area contributed by atoms with E-state index in [4.69, 9.17) is 15.0 Å². The predicted octanol–water partition coefficient (Wildman–Crippen LogP) is 1.52. The number of aliphatic hydroxyl groups is 2.